The number of para-hydroxylation sites is 1. The number of aromatic carboxylic acids is 1. The van der Waals surface area contributed by atoms with Crippen molar-refractivity contribution >= 4 is 17.3 Å². The molecule has 2 N–H and O–H groups in total. The van der Waals surface area contributed by atoms with Crippen LogP contribution >= 0.6 is 0 Å². The van der Waals surface area contributed by atoms with E-state index >= 15 is 0 Å². The quantitative estimate of drug-likeness (QED) is 0.756. The number of nitrogens with one attached hydrogen (secondary N) is 1. The van der Waals surface area contributed by atoms with E-state index in [0.29, 0.717) is 5.69 Å². The van der Waals surface area contributed by atoms with Crippen molar-refractivity contribution in [2.75, 3.05) is 25.6 Å². The highest BCUT2D eigenvalue weighted by Gasteiger charge is 2.17. The summed E-state index contributed by atoms with van der Waals surface area (Å²) in [6.45, 7) is 0.419. The third-order valence-corrected chi connectivity index (χ3v) is 2.71. The number of rotatable bonds is 7. The Morgan fingerprint density at radius 1 is 1.27 bits per heavy atom. The van der Waals surface area contributed by atoms with Crippen LogP contribution in [0, 0.1) is 0 Å². The van der Waals surface area contributed by atoms with Crippen molar-refractivity contribution in [2.24, 2.45) is 0 Å². The number of methoxy groups -OCH3 is 1. The van der Waals surface area contributed by atoms with E-state index in [-0.39, 0.29) is 24.7 Å². The maximum atomic E-state index is 11.9. The first-order valence-corrected chi connectivity index (χ1v) is 6.47. The first-order valence-electron chi connectivity index (χ1n) is 6.47. The zero-order chi connectivity index (χ0) is 15.9. The zero-order valence-corrected chi connectivity index (χ0v) is 11.9. The normalized spacial score (nSPS) is 10.2. The second-order valence-corrected chi connectivity index (χ2v) is 4.28. The molecule has 1 heterocycles. The van der Waals surface area contributed by atoms with Crippen LogP contribution in [-0.2, 0) is 4.74 Å². The van der Waals surface area contributed by atoms with Crippen molar-refractivity contribution in [1.29, 1.82) is 0 Å². The lowest BCUT2D eigenvalue weighted by molar-refractivity contribution is 0.0655. The monoisotopic (exact) mass is 305 g/mol. The number of carbonyl (C=O) groups is 1. The first kappa shape index (κ1) is 15.6. The summed E-state index contributed by atoms with van der Waals surface area (Å²) in [5.41, 5.74) is 0.0337. The molecule has 7 nitrogen and oxygen atoms in total. The Morgan fingerprint density at radius 3 is 2.64 bits per heavy atom. The SMILES string of the molecule is COCCOc1c(Nc2ccccc2)cc(C(=O)O)oc1=O. The van der Waals surface area contributed by atoms with E-state index in [1.807, 2.05) is 6.07 Å². The number of carboxylic acids is 1. The van der Waals surface area contributed by atoms with Gasteiger partial charge in [0.05, 0.1) is 12.3 Å². The third-order valence-electron chi connectivity index (χ3n) is 2.71. The zero-order valence-electron chi connectivity index (χ0n) is 11.9. The lowest BCUT2D eigenvalue weighted by atomic mass is 10.2. The minimum absolute atomic E-state index is 0.0918. The molecule has 0 amide bonds. The smallest absolute Gasteiger partial charge is 0.381 e. The summed E-state index contributed by atoms with van der Waals surface area (Å²) in [5.74, 6) is -1.90. The molecular weight excluding hydrogens is 290 g/mol. The molecule has 0 fully saturated rings. The van der Waals surface area contributed by atoms with Crippen molar-refractivity contribution in [2.45, 2.75) is 0 Å². The molecule has 0 saturated heterocycles. The van der Waals surface area contributed by atoms with Crippen molar-refractivity contribution in [3.63, 3.8) is 0 Å². The Hall–Kier alpha value is -2.80. The number of hydrogen-bond donors (Lipinski definition) is 2. The molecule has 2 aromatic rings. The molecule has 1 aromatic heterocycles. The molecule has 1 aromatic carbocycles. The van der Waals surface area contributed by atoms with Gasteiger partial charge in [0.1, 0.15) is 6.61 Å². The Morgan fingerprint density at radius 2 is 2.00 bits per heavy atom. The van der Waals surface area contributed by atoms with E-state index in [1.165, 1.54) is 13.2 Å². The van der Waals surface area contributed by atoms with Crippen LogP contribution < -0.4 is 15.7 Å². The van der Waals surface area contributed by atoms with E-state index in [0.717, 1.165) is 0 Å². The maximum absolute atomic E-state index is 11.9. The molecule has 0 unspecified atom stereocenters. The van der Waals surface area contributed by atoms with E-state index in [9.17, 15) is 9.59 Å². The van der Waals surface area contributed by atoms with Gasteiger partial charge in [0.15, 0.2) is 0 Å². The summed E-state index contributed by atoms with van der Waals surface area (Å²) in [6.07, 6.45) is 0. The Bertz CT molecular complexity index is 695. The van der Waals surface area contributed by atoms with Gasteiger partial charge in [-0.25, -0.2) is 9.59 Å². The third kappa shape index (κ3) is 3.86. The topological polar surface area (TPSA) is 98.0 Å². The number of hydrogen-bond acceptors (Lipinski definition) is 6. The molecule has 0 aliphatic rings. The lowest BCUT2D eigenvalue weighted by Gasteiger charge is -2.12. The molecule has 0 saturated carbocycles. The second kappa shape index (κ2) is 7.28. The van der Waals surface area contributed by atoms with Gasteiger partial charge in [-0.3, -0.25) is 0 Å². The molecule has 22 heavy (non-hydrogen) atoms. The van der Waals surface area contributed by atoms with Gasteiger partial charge in [-0.2, -0.15) is 0 Å². The summed E-state index contributed by atoms with van der Waals surface area (Å²) in [7, 11) is 1.50. The van der Waals surface area contributed by atoms with Crippen molar-refractivity contribution in [1.82, 2.24) is 0 Å². The molecule has 0 atom stereocenters. The van der Waals surface area contributed by atoms with Crippen LogP contribution in [0.1, 0.15) is 10.6 Å². The molecule has 7 heteroatoms. The lowest BCUT2D eigenvalue weighted by Crippen LogP contribution is -2.15. The summed E-state index contributed by atoms with van der Waals surface area (Å²) >= 11 is 0. The van der Waals surface area contributed by atoms with Gasteiger partial charge in [-0.05, 0) is 12.1 Å². The highest BCUT2D eigenvalue weighted by atomic mass is 16.5. The fraction of sp³-hybridized carbons (Fsp3) is 0.200. The number of benzene rings is 1. The largest absolute Gasteiger partial charge is 0.483 e. The van der Waals surface area contributed by atoms with Crippen LogP contribution in [0.4, 0.5) is 11.4 Å². The fourth-order valence-corrected chi connectivity index (χ4v) is 1.72. The molecule has 2 rings (SSSR count). The molecule has 0 spiro atoms. The van der Waals surface area contributed by atoms with Crippen LogP contribution in [-0.4, -0.2) is 31.4 Å². The van der Waals surface area contributed by atoms with Crippen LogP contribution in [0.5, 0.6) is 5.75 Å². The number of anilines is 2. The number of ether oxygens (including phenoxy) is 2. The molecule has 0 aliphatic carbocycles. The van der Waals surface area contributed by atoms with Gasteiger partial charge in [-0.15, -0.1) is 0 Å². The second-order valence-electron chi connectivity index (χ2n) is 4.28. The minimum atomic E-state index is -1.34. The van der Waals surface area contributed by atoms with Crippen LogP contribution in [0.2, 0.25) is 0 Å². The van der Waals surface area contributed by atoms with E-state index < -0.39 is 17.4 Å². The summed E-state index contributed by atoms with van der Waals surface area (Å²) in [4.78, 5) is 22.9. The average molecular weight is 305 g/mol. The predicted molar refractivity (Wildman–Crippen MR) is 79.0 cm³/mol. The molecule has 0 radical (unpaired) electrons. The molecule has 0 aliphatic heterocycles. The van der Waals surface area contributed by atoms with Crippen LogP contribution in [0.15, 0.2) is 45.6 Å². The standard InChI is InChI=1S/C15H15NO6/c1-20-7-8-21-13-11(16-10-5-3-2-4-6-10)9-12(14(17)18)22-15(13)19/h2-6,9,16H,7-8H2,1H3,(H,17,18). The van der Waals surface area contributed by atoms with Gasteiger partial charge >= 0.3 is 11.6 Å². The van der Waals surface area contributed by atoms with Crippen molar-refractivity contribution in [3.8, 4) is 5.75 Å². The van der Waals surface area contributed by atoms with Gasteiger partial charge in [0, 0.05) is 18.9 Å². The van der Waals surface area contributed by atoms with Gasteiger partial charge < -0.3 is 24.3 Å². The summed E-state index contributed by atoms with van der Waals surface area (Å²) < 4.78 is 14.9. The van der Waals surface area contributed by atoms with Gasteiger partial charge in [-0.1, -0.05) is 18.2 Å². The fourth-order valence-electron chi connectivity index (χ4n) is 1.72. The first-order chi connectivity index (χ1) is 10.6. The highest BCUT2D eigenvalue weighted by molar-refractivity contribution is 5.86. The molecule has 0 bridgehead atoms. The minimum Gasteiger partial charge on any atom is -0.483 e. The highest BCUT2D eigenvalue weighted by Crippen LogP contribution is 2.25. The summed E-state index contributed by atoms with van der Waals surface area (Å²) in [5, 5.41) is 11.9. The number of carboxylic acid groups (broad SMARTS) is 1. The van der Waals surface area contributed by atoms with E-state index in [2.05, 4.69) is 5.32 Å². The van der Waals surface area contributed by atoms with Crippen LogP contribution in [0.3, 0.4) is 0 Å². The Labute approximate surface area is 126 Å². The van der Waals surface area contributed by atoms with Crippen molar-refractivity contribution < 1.29 is 23.8 Å². The summed E-state index contributed by atoms with van der Waals surface area (Å²) in [6, 6.07) is 10.2. The maximum Gasteiger partial charge on any atom is 0.381 e. The Balaban J connectivity index is 2.37. The molecule has 116 valence electrons. The molecular formula is C15H15NO6. The van der Waals surface area contributed by atoms with Gasteiger partial charge in [0.25, 0.3) is 0 Å². The average Bonchev–Trinajstić information content (AvgIpc) is 2.50. The van der Waals surface area contributed by atoms with Crippen LogP contribution in [0.25, 0.3) is 0 Å². The van der Waals surface area contributed by atoms with E-state index in [1.54, 1.807) is 24.3 Å². The van der Waals surface area contributed by atoms with E-state index in [4.69, 9.17) is 19.0 Å². The Kier molecular flexibility index (Phi) is 5.16. The predicted octanol–water partition coefficient (Wildman–Crippen LogP) is 2.11. The van der Waals surface area contributed by atoms with Gasteiger partial charge in [0.2, 0.25) is 11.5 Å². The van der Waals surface area contributed by atoms with Crippen molar-refractivity contribution in [3.05, 3.63) is 52.6 Å².